The Kier molecular flexibility index (Phi) is 5.55. The first kappa shape index (κ1) is 15.8. The molecule has 0 saturated carbocycles. The molecule has 1 atom stereocenters. The van der Waals surface area contributed by atoms with Crippen LogP contribution in [0.1, 0.15) is 19.3 Å². The second kappa shape index (κ2) is 7.40. The zero-order chi connectivity index (χ0) is 15.1. The van der Waals surface area contributed by atoms with E-state index in [0.29, 0.717) is 39.1 Å². The van der Waals surface area contributed by atoms with Crippen LogP contribution < -0.4 is 5.32 Å². The van der Waals surface area contributed by atoms with Gasteiger partial charge in [-0.25, -0.2) is 0 Å². The van der Waals surface area contributed by atoms with Crippen LogP contribution in [0.5, 0.6) is 0 Å². The summed E-state index contributed by atoms with van der Waals surface area (Å²) in [7, 11) is 0. The molecule has 0 aliphatic carbocycles. The predicted octanol–water partition coefficient (Wildman–Crippen LogP) is 1.33. The van der Waals surface area contributed by atoms with Crippen LogP contribution in [0.4, 0.5) is 5.69 Å². The van der Waals surface area contributed by atoms with Crippen molar-refractivity contribution in [1.82, 2.24) is 4.90 Å². The number of nitrogens with zero attached hydrogens (tertiary/aromatic N) is 1. The maximum Gasteiger partial charge on any atom is 0.303 e. The summed E-state index contributed by atoms with van der Waals surface area (Å²) in [6, 6.07) is 9.44. The molecule has 0 amide bonds. The molecule has 1 heterocycles. The lowest BCUT2D eigenvalue weighted by Gasteiger charge is -2.42. The summed E-state index contributed by atoms with van der Waals surface area (Å²) >= 11 is 0. The molecule has 1 aromatic rings. The molecule has 1 aliphatic heterocycles. The molecule has 1 saturated heterocycles. The molecule has 6 heteroatoms. The Labute approximate surface area is 124 Å². The molecule has 1 aliphatic rings. The number of benzene rings is 1. The van der Waals surface area contributed by atoms with Crippen molar-refractivity contribution in [3.05, 3.63) is 30.3 Å². The molecular weight excluding hydrogens is 272 g/mol. The number of carboxylic acid groups (broad SMARTS) is 1. The first-order valence-electron chi connectivity index (χ1n) is 7.20. The lowest BCUT2D eigenvalue weighted by Crippen LogP contribution is -2.58. The third kappa shape index (κ3) is 4.70. The van der Waals surface area contributed by atoms with Gasteiger partial charge in [0.1, 0.15) is 0 Å². The molecule has 0 spiro atoms. The van der Waals surface area contributed by atoms with Crippen molar-refractivity contribution in [2.75, 3.05) is 31.6 Å². The number of carbonyl (C=O) groups is 1. The van der Waals surface area contributed by atoms with E-state index < -0.39 is 11.8 Å². The lowest BCUT2D eigenvalue weighted by molar-refractivity contribution is -0.139. The van der Waals surface area contributed by atoms with E-state index in [9.17, 15) is 9.90 Å². The van der Waals surface area contributed by atoms with Crippen molar-refractivity contribution < 1.29 is 19.7 Å². The van der Waals surface area contributed by atoms with Gasteiger partial charge in [0, 0.05) is 31.6 Å². The van der Waals surface area contributed by atoms with Crippen LogP contribution in [0.15, 0.2) is 30.3 Å². The first-order valence-corrected chi connectivity index (χ1v) is 7.20. The minimum atomic E-state index is -1.25. The number of nitrogens with one attached hydrogen (secondary N) is 1. The van der Waals surface area contributed by atoms with E-state index in [1.54, 1.807) is 0 Å². The van der Waals surface area contributed by atoms with Crippen molar-refractivity contribution in [3.8, 4) is 0 Å². The third-order valence-electron chi connectivity index (χ3n) is 3.57. The van der Waals surface area contributed by atoms with E-state index in [-0.39, 0.29) is 6.42 Å². The Morgan fingerprint density at radius 1 is 1.29 bits per heavy atom. The van der Waals surface area contributed by atoms with Gasteiger partial charge in [-0.3, -0.25) is 9.69 Å². The van der Waals surface area contributed by atoms with E-state index in [1.165, 1.54) is 0 Å². The number of ether oxygens (including phenoxy) is 1. The van der Waals surface area contributed by atoms with E-state index >= 15 is 0 Å². The fourth-order valence-corrected chi connectivity index (χ4v) is 2.47. The zero-order valence-corrected chi connectivity index (χ0v) is 12.0. The van der Waals surface area contributed by atoms with Crippen LogP contribution in [0.25, 0.3) is 0 Å². The van der Waals surface area contributed by atoms with E-state index in [2.05, 4.69) is 5.32 Å². The SMILES string of the molecule is O=C(O)CCC[C@@](O)(Nc1ccccc1)N1CCOCC1. The average Bonchev–Trinajstić information content (AvgIpc) is 2.49. The van der Waals surface area contributed by atoms with Crippen LogP contribution in [-0.4, -0.2) is 53.2 Å². The molecule has 0 aromatic heterocycles. The second-order valence-corrected chi connectivity index (χ2v) is 5.15. The lowest BCUT2D eigenvalue weighted by atomic mass is 10.1. The molecule has 2 rings (SSSR count). The molecule has 21 heavy (non-hydrogen) atoms. The van der Waals surface area contributed by atoms with Gasteiger partial charge in [-0.15, -0.1) is 0 Å². The largest absolute Gasteiger partial charge is 0.481 e. The van der Waals surface area contributed by atoms with Gasteiger partial charge < -0.3 is 20.3 Å². The van der Waals surface area contributed by atoms with Crippen LogP contribution in [0, 0.1) is 0 Å². The number of aliphatic hydroxyl groups is 1. The maximum absolute atomic E-state index is 11.0. The Bertz CT molecular complexity index is 448. The number of hydrogen-bond acceptors (Lipinski definition) is 5. The Balaban J connectivity index is 2.06. The Morgan fingerprint density at radius 2 is 1.95 bits per heavy atom. The summed E-state index contributed by atoms with van der Waals surface area (Å²) in [5.41, 5.74) is 0.807. The molecular formula is C15H22N2O4. The van der Waals surface area contributed by atoms with E-state index in [4.69, 9.17) is 9.84 Å². The fraction of sp³-hybridized carbons (Fsp3) is 0.533. The Morgan fingerprint density at radius 3 is 2.57 bits per heavy atom. The van der Waals surface area contributed by atoms with Gasteiger partial charge in [-0.2, -0.15) is 0 Å². The van der Waals surface area contributed by atoms with Crippen molar-refractivity contribution >= 4 is 11.7 Å². The Hall–Kier alpha value is -1.63. The number of rotatable bonds is 7. The molecule has 0 unspecified atom stereocenters. The predicted molar refractivity (Wildman–Crippen MR) is 78.9 cm³/mol. The summed E-state index contributed by atoms with van der Waals surface area (Å²) in [6.45, 7) is 2.36. The summed E-state index contributed by atoms with van der Waals surface area (Å²) in [5.74, 6) is -2.10. The van der Waals surface area contributed by atoms with Gasteiger partial charge >= 0.3 is 5.97 Å². The number of aliphatic carboxylic acids is 1. The normalized spacial score (nSPS) is 18.9. The smallest absolute Gasteiger partial charge is 0.303 e. The molecule has 0 radical (unpaired) electrons. The third-order valence-corrected chi connectivity index (χ3v) is 3.57. The summed E-state index contributed by atoms with van der Waals surface area (Å²) in [6.07, 6.45) is 0.792. The standard InChI is InChI=1S/C15H22N2O4/c18-14(19)7-4-8-15(20,17-9-11-21-12-10-17)16-13-5-2-1-3-6-13/h1-3,5-6,16,20H,4,7-12H2,(H,18,19)/t15-/m1/s1. The molecule has 1 fully saturated rings. The molecule has 6 nitrogen and oxygen atoms in total. The molecule has 116 valence electrons. The minimum Gasteiger partial charge on any atom is -0.481 e. The van der Waals surface area contributed by atoms with Crippen molar-refractivity contribution in [2.45, 2.75) is 25.1 Å². The van der Waals surface area contributed by atoms with Crippen LogP contribution in [0.2, 0.25) is 0 Å². The number of morpholine rings is 1. The van der Waals surface area contributed by atoms with Crippen LogP contribution in [-0.2, 0) is 9.53 Å². The maximum atomic E-state index is 11.0. The van der Waals surface area contributed by atoms with Crippen molar-refractivity contribution in [1.29, 1.82) is 0 Å². The number of anilines is 1. The zero-order valence-electron chi connectivity index (χ0n) is 12.0. The fourth-order valence-electron chi connectivity index (χ4n) is 2.47. The van der Waals surface area contributed by atoms with Gasteiger partial charge in [-0.1, -0.05) is 18.2 Å². The minimum absolute atomic E-state index is 0.0448. The summed E-state index contributed by atoms with van der Waals surface area (Å²) < 4.78 is 5.31. The highest BCUT2D eigenvalue weighted by molar-refractivity contribution is 5.66. The molecule has 0 bridgehead atoms. The average molecular weight is 294 g/mol. The first-order chi connectivity index (χ1) is 10.1. The number of para-hydroxylation sites is 1. The van der Waals surface area contributed by atoms with E-state index in [0.717, 1.165) is 5.69 Å². The quantitative estimate of drug-likeness (QED) is 0.658. The summed E-state index contributed by atoms with van der Waals surface area (Å²) in [4.78, 5) is 12.6. The highest BCUT2D eigenvalue weighted by atomic mass is 16.5. The van der Waals surface area contributed by atoms with Crippen molar-refractivity contribution in [3.63, 3.8) is 0 Å². The molecule has 1 aromatic carbocycles. The number of hydrogen-bond donors (Lipinski definition) is 3. The van der Waals surface area contributed by atoms with Gasteiger partial charge in [0.25, 0.3) is 0 Å². The highest BCUT2D eigenvalue weighted by Crippen LogP contribution is 2.23. The molecule has 3 N–H and O–H groups in total. The van der Waals surface area contributed by atoms with E-state index in [1.807, 2.05) is 35.2 Å². The topological polar surface area (TPSA) is 82.0 Å². The second-order valence-electron chi connectivity index (χ2n) is 5.15. The van der Waals surface area contributed by atoms with Crippen molar-refractivity contribution in [2.24, 2.45) is 0 Å². The number of carboxylic acids is 1. The van der Waals surface area contributed by atoms with Gasteiger partial charge in [-0.05, 0) is 18.6 Å². The summed E-state index contributed by atoms with van der Waals surface area (Å²) in [5, 5.41) is 22.9. The van der Waals surface area contributed by atoms with Crippen LogP contribution in [0.3, 0.4) is 0 Å². The van der Waals surface area contributed by atoms with Crippen LogP contribution >= 0.6 is 0 Å². The van der Waals surface area contributed by atoms with Gasteiger partial charge in [0.05, 0.1) is 13.2 Å². The van der Waals surface area contributed by atoms with Gasteiger partial charge in [0.15, 0.2) is 5.85 Å². The van der Waals surface area contributed by atoms with Gasteiger partial charge in [0.2, 0.25) is 0 Å². The highest BCUT2D eigenvalue weighted by Gasteiger charge is 2.35. The monoisotopic (exact) mass is 294 g/mol.